The fourth-order valence-corrected chi connectivity index (χ4v) is 2.63. The second kappa shape index (κ2) is 5.48. The number of rotatable bonds is 2. The summed E-state index contributed by atoms with van der Waals surface area (Å²) in [6.45, 7) is 0. The van der Waals surface area contributed by atoms with Gasteiger partial charge in [-0.2, -0.15) is 0 Å². The van der Waals surface area contributed by atoms with E-state index in [0.29, 0.717) is 22.0 Å². The number of amides is 1. The number of thiazole rings is 1. The predicted molar refractivity (Wildman–Crippen MR) is 80.7 cm³/mol. The largest absolute Gasteiger partial charge is 0.417 e. The van der Waals surface area contributed by atoms with E-state index in [4.69, 9.17) is 16.3 Å². The Balaban J connectivity index is 1.84. The molecule has 1 N–H and O–H groups in total. The average molecular weight is 305 g/mol. The lowest BCUT2D eigenvalue weighted by Gasteiger charge is -2.08. The van der Waals surface area contributed by atoms with Crippen LogP contribution < -0.4 is 10.1 Å². The van der Waals surface area contributed by atoms with Crippen molar-refractivity contribution in [3.05, 3.63) is 53.0 Å². The molecule has 0 radical (unpaired) electrons. The van der Waals surface area contributed by atoms with Gasteiger partial charge in [0.05, 0.1) is 20.9 Å². The molecular weight excluding hydrogens is 296 g/mol. The van der Waals surface area contributed by atoms with Gasteiger partial charge in [0.15, 0.2) is 0 Å². The number of hydrogen-bond donors (Lipinski definition) is 1. The van der Waals surface area contributed by atoms with E-state index < -0.39 is 6.09 Å². The van der Waals surface area contributed by atoms with Crippen molar-refractivity contribution in [3.8, 4) is 5.75 Å². The van der Waals surface area contributed by atoms with Gasteiger partial charge in [-0.05, 0) is 24.3 Å². The highest BCUT2D eigenvalue weighted by molar-refractivity contribution is 7.16. The molecule has 0 saturated heterocycles. The van der Waals surface area contributed by atoms with Gasteiger partial charge in [0, 0.05) is 0 Å². The summed E-state index contributed by atoms with van der Waals surface area (Å²) in [6, 6.07) is 12.4. The Bertz CT molecular complexity index is 758. The maximum absolute atomic E-state index is 11.9. The summed E-state index contributed by atoms with van der Waals surface area (Å²) in [5.41, 5.74) is 2.83. The van der Waals surface area contributed by atoms with E-state index in [1.54, 1.807) is 35.8 Å². The molecule has 1 aromatic heterocycles. The number of anilines is 1. The number of benzene rings is 2. The van der Waals surface area contributed by atoms with Crippen molar-refractivity contribution in [1.82, 2.24) is 4.98 Å². The molecule has 2 aromatic carbocycles. The Kier molecular flexibility index (Phi) is 3.54. The van der Waals surface area contributed by atoms with Crippen LogP contribution in [0.15, 0.2) is 48.0 Å². The molecule has 0 atom stereocenters. The van der Waals surface area contributed by atoms with Gasteiger partial charge in [0.2, 0.25) is 0 Å². The number of aromatic nitrogens is 1. The summed E-state index contributed by atoms with van der Waals surface area (Å²) < 4.78 is 6.11. The standard InChI is InChI=1S/C14H9ClN2O2S/c15-10-6-7-11-13(16-8-20-11)12(10)17-14(18)19-9-4-2-1-3-5-9/h1-8H,(H,17,18). The number of nitrogens with zero attached hydrogens (tertiary/aromatic N) is 1. The lowest BCUT2D eigenvalue weighted by Crippen LogP contribution is -2.17. The highest BCUT2D eigenvalue weighted by atomic mass is 35.5. The minimum atomic E-state index is -0.599. The van der Waals surface area contributed by atoms with E-state index in [1.807, 2.05) is 12.1 Å². The molecule has 0 aliphatic rings. The van der Waals surface area contributed by atoms with Gasteiger partial charge in [-0.3, -0.25) is 5.32 Å². The number of carbonyl (C=O) groups excluding carboxylic acids is 1. The Labute approximate surface area is 124 Å². The highest BCUT2D eigenvalue weighted by Gasteiger charge is 2.13. The van der Waals surface area contributed by atoms with Crippen LogP contribution in [0.2, 0.25) is 5.02 Å². The second-order valence-corrected chi connectivity index (χ2v) is 5.24. The van der Waals surface area contributed by atoms with Crippen molar-refractivity contribution in [3.63, 3.8) is 0 Å². The summed E-state index contributed by atoms with van der Waals surface area (Å²) in [7, 11) is 0. The van der Waals surface area contributed by atoms with Crippen molar-refractivity contribution in [2.24, 2.45) is 0 Å². The first-order valence-corrected chi connectivity index (χ1v) is 7.05. The zero-order valence-corrected chi connectivity index (χ0v) is 11.7. The Morgan fingerprint density at radius 3 is 2.80 bits per heavy atom. The predicted octanol–water partition coefficient (Wildman–Crippen LogP) is 4.56. The van der Waals surface area contributed by atoms with E-state index >= 15 is 0 Å². The van der Waals surface area contributed by atoms with Crippen molar-refractivity contribution in [1.29, 1.82) is 0 Å². The molecule has 0 spiro atoms. The molecule has 0 fully saturated rings. The molecule has 0 aliphatic heterocycles. The van der Waals surface area contributed by atoms with E-state index in [2.05, 4.69) is 10.3 Å². The van der Waals surface area contributed by atoms with Gasteiger partial charge in [-0.25, -0.2) is 9.78 Å². The lowest BCUT2D eigenvalue weighted by molar-refractivity contribution is 0.215. The van der Waals surface area contributed by atoms with Crippen LogP contribution in [0.3, 0.4) is 0 Å². The zero-order chi connectivity index (χ0) is 13.9. The van der Waals surface area contributed by atoms with Crippen LogP contribution in [0.5, 0.6) is 5.75 Å². The van der Waals surface area contributed by atoms with Crippen molar-refractivity contribution in [2.75, 3.05) is 5.32 Å². The van der Waals surface area contributed by atoms with Crippen molar-refractivity contribution in [2.45, 2.75) is 0 Å². The number of carbonyl (C=O) groups is 1. The molecule has 6 heteroatoms. The van der Waals surface area contributed by atoms with Crippen LogP contribution in [0.25, 0.3) is 10.2 Å². The minimum absolute atomic E-state index is 0.424. The van der Waals surface area contributed by atoms with Crippen LogP contribution in [-0.4, -0.2) is 11.1 Å². The third-order valence-corrected chi connectivity index (χ3v) is 3.74. The fourth-order valence-electron chi connectivity index (χ4n) is 1.75. The molecule has 100 valence electrons. The third-order valence-electron chi connectivity index (χ3n) is 2.63. The first kappa shape index (κ1) is 12.9. The van der Waals surface area contributed by atoms with Gasteiger partial charge < -0.3 is 4.74 Å². The SMILES string of the molecule is O=C(Nc1c(Cl)ccc2scnc12)Oc1ccccc1. The molecule has 3 rings (SSSR count). The molecule has 0 aliphatic carbocycles. The smallest absolute Gasteiger partial charge is 0.410 e. The second-order valence-electron chi connectivity index (χ2n) is 3.95. The summed E-state index contributed by atoms with van der Waals surface area (Å²) in [6.07, 6.45) is -0.599. The molecule has 4 nitrogen and oxygen atoms in total. The monoisotopic (exact) mass is 304 g/mol. The Hall–Kier alpha value is -2.11. The third kappa shape index (κ3) is 2.59. The number of para-hydroxylation sites is 1. The summed E-state index contributed by atoms with van der Waals surface area (Å²) in [5.74, 6) is 0.464. The van der Waals surface area contributed by atoms with Crippen LogP contribution in [0, 0.1) is 0 Å². The molecular formula is C14H9ClN2O2S. The Morgan fingerprint density at radius 2 is 2.00 bits per heavy atom. The molecule has 0 unspecified atom stereocenters. The number of fused-ring (bicyclic) bond motifs is 1. The molecule has 0 saturated carbocycles. The topological polar surface area (TPSA) is 51.2 Å². The molecule has 0 bridgehead atoms. The van der Waals surface area contributed by atoms with E-state index in [0.717, 1.165) is 4.70 Å². The number of hydrogen-bond acceptors (Lipinski definition) is 4. The van der Waals surface area contributed by atoms with Gasteiger partial charge in [-0.1, -0.05) is 29.8 Å². The summed E-state index contributed by atoms with van der Waals surface area (Å²) in [5, 5.41) is 3.06. The number of nitrogens with one attached hydrogen (secondary N) is 1. The van der Waals surface area contributed by atoms with E-state index in [9.17, 15) is 4.79 Å². The average Bonchev–Trinajstić information content (AvgIpc) is 2.92. The highest BCUT2D eigenvalue weighted by Crippen LogP contribution is 2.32. The first-order valence-electron chi connectivity index (χ1n) is 5.79. The summed E-state index contributed by atoms with van der Waals surface area (Å²) >= 11 is 7.58. The maximum atomic E-state index is 11.9. The maximum Gasteiger partial charge on any atom is 0.417 e. The van der Waals surface area contributed by atoms with Gasteiger partial charge in [0.1, 0.15) is 11.3 Å². The van der Waals surface area contributed by atoms with Gasteiger partial charge in [0.25, 0.3) is 0 Å². The normalized spacial score (nSPS) is 10.4. The van der Waals surface area contributed by atoms with Crippen molar-refractivity contribution < 1.29 is 9.53 Å². The van der Waals surface area contributed by atoms with E-state index in [-0.39, 0.29) is 0 Å². The quantitative estimate of drug-likeness (QED) is 0.755. The van der Waals surface area contributed by atoms with Crippen molar-refractivity contribution >= 4 is 44.9 Å². The minimum Gasteiger partial charge on any atom is -0.410 e. The van der Waals surface area contributed by atoms with Crippen LogP contribution in [0.1, 0.15) is 0 Å². The first-order chi connectivity index (χ1) is 9.74. The van der Waals surface area contributed by atoms with Crippen LogP contribution >= 0.6 is 22.9 Å². The number of halogens is 1. The molecule has 1 heterocycles. The molecule has 1 amide bonds. The van der Waals surface area contributed by atoms with E-state index in [1.165, 1.54) is 11.3 Å². The number of ether oxygens (including phenoxy) is 1. The molecule has 20 heavy (non-hydrogen) atoms. The lowest BCUT2D eigenvalue weighted by atomic mass is 10.3. The zero-order valence-electron chi connectivity index (χ0n) is 10.2. The van der Waals surface area contributed by atoms with Crippen LogP contribution in [0.4, 0.5) is 10.5 Å². The summed E-state index contributed by atoms with van der Waals surface area (Å²) in [4.78, 5) is 16.1. The molecule has 3 aromatic rings. The van der Waals surface area contributed by atoms with Crippen LogP contribution in [-0.2, 0) is 0 Å². The van der Waals surface area contributed by atoms with Gasteiger partial charge >= 0.3 is 6.09 Å². The van der Waals surface area contributed by atoms with Gasteiger partial charge in [-0.15, -0.1) is 11.3 Å². The fraction of sp³-hybridized carbons (Fsp3) is 0. The Morgan fingerprint density at radius 1 is 1.20 bits per heavy atom.